The Hall–Kier alpha value is -4.32. The fourth-order valence-electron chi connectivity index (χ4n) is 3.75. The number of anilines is 1. The molecule has 4 aromatic rings. The quantitative estimate of drug-likeness (QED) is 0.317. The number of rotatable bonds is 9. The van der Waals surface area contributed by atoms with Crippen LogP contribution >= 0.6 is 0 Å². The van der Waals surface area contributed by atoms with Crippen molar-refractivity contribution in [3.8, 4) is 11.5 Å². The number of aryl methyl sites for hydroxylation is 2. The predicted octanol–water partition coefficient (Wildman–Crippen LogP) is 5.79. The first-order valence-electron chi connectivity index (χ1n) is 11.4. The van der Waals surface area contributed by atoms with E-state index < -0.39 is 0 Å². The van der Waals surface area contributed by atoms with Crippen LogP contribution in [0.1, 0.15) is 27.8 Å². The van der Waals surface area contributed by atoms with Crippen molar-refractivity contribution in [2.24, 2.45) is 0 Å². The maximum absolute atomic E-state index is 12.5. The summed E-state index contributed by atoms with van der Waals surface area (Å²) in [6, 6.07) is 21.9. The minimum Gasteiger partial charge on any atom is -0.496 e. The Balaban J connectivity index is 1.37. The van der Waals surface area contributed by atoms with Crippen LogP contribution in [0.25, 0.3) is 6.08 Å². The van der Waals surface area contributed by atoms with Crippen molar-refractivity contribution in [1.29, 1.82) is 0 Å². The molecular weight excluding hydrogens is 438 g/mol. The van der Waals surface area contributed by atoms with E-state index in [4.69, 9.17) is 9.47 Å². The van der Waals surface area contributed by atoms with Crippen LogP contribution in [0.4, 0.5) is 5.69 Å². The van der Waals surface area contributed by atoms with E-state index >= 15 is 0 Å². The van der Waals surface area contributed by atoms with Gasteiger partial charge in [0.2, 0.25) is 5.91 Å². The highest BCUT2D eigenvalue weighted by molar-refractivity contribution is 6.01. The second-order valence-electron chi connectivity index (χ2n) is 8.41. The van der Waals surface area contributed by atoms with Crippen LogP contribution in [0, 0.1) is 13.8 Å². The van der Waals surface area contributed by atoms with Crippen LogP contribution in [0.3, 0.4) is 0 Å². The molecule has 178 valence electrons. The Labute approximate surface area is 205 Å². The molecule has 0 aliphatic carbocycles. The summed E-state index contributed by atoms with van der Waals surface area (Å²) < 4.78 is 13.2. The monoisotopic (exact) mass is 467 g/mol. The summed E-state index contributed by atoms with van der Waals surface area (Å²) in [6.07, 6.45) is 6.74. The number of methoxy groups -OCH3 is 1. The van der Waals surface area contributed by atoms with E-state index in [9.17, 15) is 4.79 Å². The zero-order valence-electron chi connectivity index (χ0n) is 20.2. The van der Waals surface area contributed by atoms with E-state index in [2.05, 4.69) is 35.5 Å². The van der Waals surface area contributed by atoms with E-state index in [0.29, 0.717) is 18.8 Å². The van der Waals surface area contributed by atoms with Gasteiger partial charge in [0.25, 0.3) is 0 Å². The molecule has 0 spiro atoms. The van der Waals surface area contributed by atoms with Crippen LogP contribution in [0.5, 0.6) is 11.5 Å². The highest BCUT2D eigenvalue weighted by atomic mass is 16.5. The Kier molecular flexibility index (Phi) is 7.63. The summed E-state index contributed by atoms with van der Waals surface area (Å²) in [5, 5.41) is 7.20. The number of benzene rings is 3. The summed E-state index contributed by atoms with van der Waals surface area (Å²) in [7, 11) is 1.63. The number of amides is 1. The Morgan fingerprint density at radius 3 is 2.60 bits per heavy atom. The fraction of sp³-hybridized carbons (Fsp3) is 0.172. The Bertz CT molecular complexity index is 1340. The topological polar surface area (TPSA) is 65.4 Å². The van der Waals surface area contributed by atoms with Gasteiger partial charge in [-0.15, -0.1) is 0 Å². The second kappa shape index (κ2) is 11.2. The predicted molar refractivity (Wildman–Crippen MR) is 139 cm³/mol. The van der Waals surface area contributed by atoms with Gasteiger partial charge in [-0.1, -0.05) is 48.0 Å². The van der Waals surface area contributed by atoms with Gasteiger partial charge in [0, 0.05) is 17.8 Å². The van der Waals surface area contributed by atoms with E-state index in [1.807, 2.05) is 61.7 Å². The highest BCUT2D eigenvalue weighted by Gasteiger charge is 2.07. The number of nitrogens with zero attached hydrogens (tertiary/aromatic N) is 2. The lowest BCUT2D eigenvalue weighted by atomic mass is 10.1. The van der Waals surface area contributed by atoms with Gasteiger partial charge in [0.05, 0.1) is 25.5 Å². The van der Waals surface area contributed by atoms with Crippen LogP contribution < -0.4 is 14.8 Å². The largest absolute Gasteiger partial charge is 0.496 e. The van der Waals surface area contributed by atoms with E-state index in [1.54, 1.807) is 24.1 Å². The van der Waals surface area contributed by atoms with E-state index in [-0.39, 0.29) is 5.91 Å². The van der Waals surface area contributed by atoms with Crippen molar-refractivity contribution in [2.45, 2.75) is 27.0 Å². The van der Waals surface area contributed by atoms with Crippen LogP contribution in [-0.2, 0) is 17.9 Å². The van der Waals surface area contributed by atoms with Gasteiger partial charge in [-0.25, -0.2) is 0 Å². The lowest BCUT2D eigenvalue weighted by Crippen LogP contribution is -2.07. The first-order valence-corrected chi connectivity index (χ1v) is 11.4. The van der Waals surface area contributed by atoms with Gasteiger partial charge in [-0.05, 0) is 60.9 Å². The Morgan fingerprint density at radius 2 is 1.83 bits per heavy atom. The Morgan fingerprint density at radius 1 is 1.03 bits per heavy atom. The third kappa shape index (κ3) is 6.84. The third-order valence-electron chi connectivity index (χ3n) is 5.44. The summed E-state index contributed by atoms with van der Waals surface area (Å²) >= 11 is 0. The number of aromatic nitrogens is 2. The van der Waals surface area contributed by atoms with E-state index in [1.165, 1.54) is 11.6 Å². The summed E-state index contributed by atoms with van der Waals surface area (Å²) in [5.41, 5.74) is 5.92. The molecule has 4 rings (SSSR count). The molecule has 1 N–H and O–H groups in total. The van der Waals surface area contributed by atoms with Gasteiger partial charge in [0.15, 0.2) is 0 Å². The lowest BCUT2D eigenvalue weighted by Gasteiger charge is -2.11. The third-order valence-corrected chi connectivity index (χ3v) is 5.44. The highest BCUT2D eigenvalue weighted by Crippen LogP contribution is 2.23. The van der Waals surface area contributed by atoms with Gasteiger partial charge in [-0.2, -0.15) is 5.10 Å². The maximum Gasteiger partial charge on any atom is 0.248 e. The molecular formula is C29H29N3O3. The lowest BCUT2D eigenvalue weighted by molar-refractivity contribution is -0.111. The van der Waals surface area contributed by atoms with Crippen LogP contribution in [0.2, 0.25) is 0 Å². The first kappa shape index (κ1) is 23.8. The number of nitrogens with one attached hydrogen (secondary N) is 1. The number of hydrogen-bond donors (Lipinski definition) is 1. The average Bonchev–Trinajstić information content (AvgIpc) is 3.28. The zero-order chi connectivity index (χ0) is 24.6. The number of hydrogen-bond acceptors (Lipinski definition) is 4. The minimum atomic E-state index is -0.228. The smallest absolute Gasteiger partial charge is 0.248 e. The molecule has 0 atom stereocenters. The molecule has 0 aliphatic heterocycles. The molecule has 0 fully saturated rings. The molecule has 0 saturated carbocycles. The number of ether oxygens (including phenoxy) is 2. The normalized spacial score (nSPS) is 10.9. The fourth-order valence-corrected chi connectivity index (χ4v) is 3.75. The second-order valence-corrected chi connectivity index (χ2v) is 8.41. The van der Waals surface area contributed by atoms with Gasteiger partial charge in [0.1, 0.15) is 18.1 Å². The summed E-state index contributed by atoms with van der Waals surface area (Å²) in [4.78, 5) is 12.5. The molecule has 35 heavy (non-hydrogen) atoms. The van der Waals surface area contributed by atoms with Crippen LogP contribution in [0.15, 0.2) is 85.2 Å². The summed E-state index contributed by atoms with van der Waals surface area (Å²) in [5.74, 6) is 1.31. The maximum atomic E-state index is 12.5. The number of carbonyl (C=O) groups excluding carboxylic acids is 1. The molecule has 6 nitrogen and oxygen atoms in total. The van der Waals surface area contributed by atoms with Crippen molar-refractivity contribution in [2.75, 3.05) is 12.4 Å². The van der Waals surface area contributed by atoms with Crippen LogP contribution in [-0.4, -0.2) is 22.8 Å². The molecule has 0 saturated heterocycles. The molecule has 3 aromatic carbocycles. The molecule has 0 bridgehead atoms. The average molecular weight is 468 g/mol. The zero-order valence-corrected chi connectivity index (χ0v) is 20.2. The molecule has 6 heteroatoms. The van der Waals surface area contributed by atoms with E-state index in [0.717, 1.165) is 33.8 Å². The molecule has 0 unspecified atom stereocenters. The number of carbonyl (C=O) groups is 1. The minimum absolute atomic E-state index is 0.228. The van der Waals surface area contributed by atoms with Gasteiger partial charge < -0.3 is 14.8 Å². The molecule has 0 radical (unpaired) electrons. The SMILES string of the molecule is COc1ccc(/C=C/C(=O)Nc2cnn(Cc3cccc(C)c3)c2)cc1COc1cccc(C)c1. The van der Waals surface area contributed by atoms with Crippen molar-refractivity contribution < 1.29 is 14.3 Å². The molecule has 1 amide bonds. The van der Waals surface area contributed by atoms with Crippen molar-refractivity contribution >= 4 is 17.7 Å². The summed E-state index contributed by atoms with van der Waals surface area (Å²) in [6.45, 7) is 5.10. The first-order chi connectivity index (χ1) is 17.0. The van der Waals surface area contributed by atoms with Crippen molar-refractivity contribution in [1.82, 2.24) is 9.78 Å². The molecule has 1 aromatic heterocycles. The van der Waals surface area contributed by atoms with Crippen molar-refractivity contribution in [3.05, 3.63) is 113 Å². The molecule has 0 aliphatic rings. The van der Waals surface area contributed by atoms with Gasteiger partial charge >= 0.3 is 0 Å². The molecule has 1 heterocycles. The standard InChI is InChI=1S/C29H29N3O3/c1-21-6-4-8-24(14-21)18-32-19-26(17-30-32)31-29(33)13-11-23-10-12-28(34-3)25(16-23)20-35-27-9-5-7-22(2)15-27/h4-17,19H,18,20H2,1-3H3,(H,31,33)/b13-11+. The van der Waals surface area contributed by atoms with Gasteiger partial charge in [-0.3, -0.25) is 9.48 Å². The van der Waals surface area contributed by atoms with Crippen molar-refractivity contribution in [3.63, 3.8) is 0 Å².